The number of aromatic nitrogens is 2. The topological polar surface area (TPSA) is 79.8 Å². The monoisotopic (exact) mass is 364 g/mol. The lowest BCUT2D eigenvalue weighted by Crippen LogP contribution is -2.06. The zero-order valence-corrected chi connectivity index (χ0v) is 14.4. The molecular formula is C20H16N2O5. The number of methoxy groups -OCH3 is 1. The number of para-hydroxylation sites is 2. The summed E-state index contributed by atoms with van der Waals surface area (Å²) in [5.41, 5.74) is 0. The predicted molar refractivity (Wildman–Crippen MR) is 96.8 cm³/mol. The highest BCUT2D eigenvalue weighted by Gasteiger charge is 2.17. The number of hydrogen-bond donors (Lipinski definition) is 0. The summed E-state index contributed by atoms with van der Waals surface area (Å²) in [5, 5.41) is 0. The summed E-state index contributed by atoms with van der Waals surface area (Å²) in [6, 6.07) is 15.8. The summed E-state index contributed by atoms with van der Waals surface area (Å²) in [4.78, 5) is 20.0. The normalized spacial score (nSPS) is 10.4. The Hall–Kier alpha value is -3.87. The average molecular weight is 364 g/mol. The SMILES string of the molecule is COC=CC(=O)Oc1cccc(Oc2ncccn2)c1Oc1ccccc1. The van der Waals surface area contributed by atoms with Gasteiger partial charge in [-0.1, -0.05) is 24.3 Å². The van der Waals surface area contributed by atoms with Gasteiger partial charge in [0.1, 0.15) is 5.75 Å². The second-order valence-electron chi connectivity index (χ2n) is 5.09. The van der Waals surface area contributed by atoms with Crippen molar-refractivity contribution in [1.29, 1.82) is 0 Å². The largest absolute Gasteiger partial charge is 0.504 e. The van der Waals surface area contributed by atoms with Crippen molar-refractivity contribution >= 4 is 5.97 Å². The van der Waals surface area contributed by atoms with Crippen LogP contribution in [0.5, 0.6) is 29.0 Å². The van der Waals surface area contributed by atoms with E-state index in [9.17, 15) is 4.79 Å². The van der Waals surface area contributed by atoms with Gasteiger partial charge in [-0.2, -0.15) is 0 Å². The zero-order valence-electron chi connectivity index (χ0n) is 14.4. The van der Waals surface area contributed by atoms with Gasteiger partial charge in [0, 0.05) is 12.4 Å². The second kappa shape index (κ2) is 9.00. The number of carbonyl (C=O) groups is 1. The molecule has 1 aromatic heterocycles. The van der Waals surface area contributed by atoms with Gasteiger partial charge in [0.25, 0.3) is 0 Å². The fourth-order valence-corrected chi connectivity index (χ4v) is 2.07. The van der Waals surface area contributed by atoms with Crippen LogP contribution in [0.3, 0.4) is 0 Å². The van der Waals surface area contributed by atoms with Crippen molar-refractivity contribution in [3.8, 4) is 29.0 Å². The van der Waals surface area contributed by atoms with E-state index in [1.807, 2.05) is 18.2 Å². The Morgan fingerprint density at radius 3 is 2.37 bits per heavy atom. The van der Waals surface area contributed by atoms with E-state index in [1.54, 1.807) is 48.8 Å². The fraction of sp³-hybridized carbons (Fsp3) is 0.0500. The summed E-state index contributed by atoms with van der Waals surface area (Å²) in [5.74, 6) is 0.620. The summed E-state index contributed by atoms with van der Waals surface area (Å²) in [6.07, 6.45) is 5.48. The van der Waals surface area contributed by atoms with E-state index in [4.69, 9.17) is 18.9 Å². The first-order valence-electron chi connectivity index (χ1n) is 7.98. The molecule has 0 bridgehead atoms. The van der Waals surface area contributed by atoms with Crippen LogP contribution in [0.15, 0.2) is 79.3 Å². The molecule has 0 atom stereocenters. The van der Waals surface area contributed by atoms with Gasteiger partial charge in [-0.05, 0) is 30.3 Å². The molecule has 27 heavy (non-hydrogen) atoms. The first kappa shape index (κ1) is 17.9. The van der Waals surface area contributed by atoms with Crippen LogP contribution in [0.2, 0.25) is 0 Å². The molecular weight excluding hydrogens is 348 g/mol. The third kappa shape index (κ3) is 5.05. The quantitative estimate of drug-likeness (QED) is 0.270. The number of ether oxygens (including phenoxy) is 4. The number of nitrogens with zero attached hydrogens (tertiary/aromatic N) is 2. The number of carbonyl (C=O) groups excluding carboxylic acids is 1. The molecule has 3 aromatic rings. The lowest BCUT2D eigenvalue weighted by Gasteiger charge is -2.14. The molecule has 7 nitrogen and oxygen atoms in total. The maximum Gasteiger partial charge on any atom is 0.339 e. The van der Waals surface area contributed by atoms with Crippen molar-refractivity contribution in [1.82, 2.24) is 9.97 Å². The molecule has 0 saturated heterocycles. The van der Waals surface area contributed by atoms with Gasteiger partial charge in [-0.3, -0.25) is 0 Å². The summed E-state index contributed by atoms with van der Waals surface area (Å²) in [7, 11) is 1.43. The van der Waals surface area contributed by atoms with E-state index in [0.717, 1.165) is 6.08 Å². The summed E-state index contributed by atoms with van der Waals surface area (Å²) >= 11 is 0. The molecule has 0 unspecified atom stereocenters. The van der Waals surface area contributed by atoms with E-state index in [0.29, 0.717) is 11.5 Å². The molecule has 0 aliphatic heterocycles. The third-order valence-electron chi connectivity index (χ3n) is 3.20. The minimum Gasteiger partial charge on any atom is -0.504 e. The van der Waals surface area contributed by atoms with E-state index < -0.39 is 5.97 Å². The van der Waals surface area contributed by atoms with Gasteiger partial charge in [0.15, 0.2) is 11.5 Å². The van der Waals surface area contributed by atoms with Crippen LogP contribution >= 0.6 is 0 Å². The van der Waals surface area contributed by atoms with Crippen LogP contribution in [0.25, 0.3) is 0 Å². The summed E-state index contributed by atoms with van der Waals surface area (Å²) in [6.45, 7) is 0. The molecule has 1 heterocycles. The highest BCUT2D eigenvalue weighted by molar-refractivity contribution is 5.84. The maximum absolute atomic E-state index is 11.9. The molecule has 0 radical (unpaired) electrons. The predicted octanol–water partition coefficient (Wildman–Crippen LogP) is 4.13. The molecule has 0 N–H and O–H groups in total. The first-order chi connectivity index (χ1) is 13.3. The van der Waals surface area contributed by atoms with Crippen molar-refractivity contribution in [3.05, 3.63) is 79.3 Å². The molecule has 0 spiro atoms. The highest BCUT2D eigenvalue weighted by atomic mass is 16.6. The molecule has 0 aliphatic carbocycles. The number of benzene rings is 2. The van der Waals surface area contributed by atoms with Crippen LogP contribution in [0, 0.1) is 0 Å². The molecule has 0 fully saturated rings. The minimum atomic E-state index is -0.622. The van der Waals surface area contributed by atoms with Crippen LogP contribution in [0.4, 0.5) is 0 Å². The molecule has 0 aliphatic rings. The third-order valence-corrected chi connectivity index (χ3v) is 3.20. The Kier molecular flexibility index (Phi) is 5.98. The molecule has 2 aromatic carbocycles. The Bertz CT molecular complexity index is 914. The Balaban J connectivity index is 1.95. The van der Waals surface area contributed by atoms with Crippen molar-refractivity contribution in [2.24, 2.45) is 0 Å². The van der Waals surface area contributed by atoms with Gasteiger partial charge >= 0.3 is 12.0 Å². The standard InChI is InChI=1S/C20H16N2O5/c1-24-14-11-18(23)26-16-9-5-10-17(27-20-21-12-6-13-22-20)19(16)25-15-7-3-2-4-8-15/h2-14H,1H3. The van der Waals surface area contributed by atoms with Crippen LogP contribution in [-0.2, 0) is 9.53 Å². The van der Waals surface area contributed by atoms with Crippen LogP contribution in [-0.4, -0.2) is 23.0 Å². The Morgan fingerprint density at radius 1 is 0.889 bits per heavy atom. The van der Waals surface area contributed by atoms with Gasteiger partial charge in [0.05, 0.1) is 19.4 Å². The average Bonchev–Trinajstić information content (AvgIpc) is 2.70. The maximum atomic E-state index is 11.9. The lowest BCUT2D eigenvalue weighted by molar-refractivity contribution is -0.129. The highest BCUT2D eigenvalue weighted by Crippen LogP contribution is 2.41. The lowest BCUT2D eigenvalue weighted by atomic mass is 10.3. The summed E-state index contributed by atoms with van der Waals surface area (Å²) < 4.78 is 21.7. The van der Waals surface area contributed by atoms with E-state index in [-0.39, 0.29) is 17.5 Å². The van der Waals surface area contributed by atoms with Gasteiger partial charge in [0.2, 0.25) is 5.75 Å². The van der Waals surface area contributed by atoms with E-state index >= 15 is 0 Å². The van der Waals surface area contributed by atoms with Crippen LogP contribution in [0.1, 0.15) is 0 Å². The Labute approximate surface area is 155 Å². The number of rotatable bonds is 7. The minimum absolute atomic E-state index is 0.137. The number of hydrogen-bond acceptors (Lipinski definition) is 7. The van der Waals surface area contributed by atoms with Gasteiger partial charge in [-0.15, -0.1) is 0 Å². The van der Waals surface area contributed by atoms with E-state index in [1.165, 1.54) is 13.4 Å². The van der Waals surface area contributed by atoms with Gasteiger partial charge in [-0.25, -0.2) is 14.8 Å². The fourth-order valence-electron chi connectivity index (χ4n) is 2.07. The molecule has 0 saturated carbocycles. The molecule has 3 rings (SSSR count). The van der Waals surface area contributed by atoms with Crippen LogP contribution < -0.4 is 14.2 Å². The number of esters is 1. The van der Waals surface area contributed by atoms with Crippen molar-refractivity contribution < 1.29 is 23.7 Å². The first-order valence-corrected chi connectivity index (χ1v) is 7.98. The van der Waals surface area contributed by atoms with Crippen molar-refractivity contribution in [2.45, 2.75) is 0 Å². The zero-order chi connectivity index (χ0) is 18.9. The smallest absolute Gasteiger partial charge is 0.339 e. The second-order valence-corrected chi connectivity index (χ2v) is 5.09. The molecule has 7 heteroatoms. The molecule has 0 amide bonds. The van der Waals surface area contributed by atoms with Gasteiger partial charge < -0.3 is 18.9 Å². The van der Waals surface area contributed by atoms with Crippen molar-refractivity contribution in [2.75, 3.05) is 7.11 Å². The molecule has 136 valence electrons. The van der Waals surface area contributed by atoms with Crippen molar-refractivity contribution in [3.63, 3.8) is 0 Å². The van der Waals surface area contributed by atoms with E-state index in [2.05, 4.69) is 9.97 Å². The Morgan fingerprint density at radius 2 is 1.63 bits per heavy atom.